The van der Waals surface area contributed by atoms with E-state index in [1.165, 1.54) is 0 Å². The van der Waals surface area contributed by atoms with Gasteiger partial charge >= 0.3 is 12.1 Å². The number of rotatable bonds is 11. The number of amides is 1. The summed E-state index contributed by atoms with van der Waals surface area (Å²) >= 11 is 0. The minimum absolute atomic E-state index is 0.0180. The Morgan fingerprint density at radius 3 is 2.67 bits per heavy atom. The SMILES string of the molecule is C=C(/C=C\C=C/C)COC(=O)N1CCC(Cn2c(OC)nc3c(N)nc(O[C@@H](C)CCC)nc32)CC1. The number of aromatic nitrogens is 4. The second kappa shape index (κ2) is 12.9. The lowest BCUT2D eigenvalue weighted by Gasteiger charge is -2.31. The van der Waals surface area contributed by atoms with E-state index in [-0.39, 0.29) is 30.6 Å². The number of nitrogens with zero attached hydrogens (tertiary/aromatic N) is 5. The Morgan fingerprint density at radius 2 is 2.00 bits per heavy atom. The molecule has 1 atom stereocenters. The van der Waals surface area contributed by atoms with Gasteiger partial charge in [-0.05, 0) is 44.6 Å². The summed E-state index contributed by atoms with van der Waals surface area (Å²) in [7, 11) is 1.57. The van der Waals surface area contributed by atoms with Crippen LogP contribution in [0.3, 0.4) is 0 Å². The highest BCUT2D eigenvalue weighted by Crippen LogP contribution is 2.29. The van der Waals surface area contributed by atoms with Crippen molar-refractivity contribution >= 4 is 23.1 Å². The van der Waals surface area contributed by atoms with Crippen LogP contribution in [0.15, 0.2) is 36.5 Å². The third kappa shape index (κ3) is 6.99. The van der Waals surface area contributed by atoms with Gasteiger partial charge in [-0.1, -0.05) is 44.2 Å². The van der Waals surface area contributed by atoms with Crippen LogP contribution in [0.2, 0.25) is 0 Å². The standard InChI is InChI=1S/C26H38N6O4/c1-6-8-9-11-18(3)17-35-26(33)31-14-12-20(13-15-31)16-32-23-21(28-25(32)34-5)22(27)29-24(30-23)36-19(4)10-7-2/h6,8-9,11,19-20H,3,7,10,12-17H2,1-2,4-5H3,(H2,27,29,30)/b8-6-,11-9-/t19-/m0/s1. The smallest absolute Gasteiger partial charge is 0.410 e. The van der Waals surface area contributed by atoms with E-state index >= 15 is 0 Å². The van der Waals surface area contributed by atoms with Gasteiger partial charge in [0.15, 0.2) is 17.0 Å². The molecule has 3 rings (SSSR count). The maximum atomic E-state index is 12.5. The summed E-state index contributed by atoms with van der Waals surface area (Å²) in [5, 5.41) is 0. The summed E-state index contributed by atoms with van der Waals surface area (Å²) in [6, 6.07) is 0.667. The number of imidazole rings is 1. The Labute approximate surface area is 212 Å². The van der Waals surface area contributed by atoms with E-state index < -0.39 is 0 Å². The van der Waals surface area contributed by atoms with Gasteiger partial charge in [0.05, 0.1) is 13.2 Å². The van der Waals surface area contributed by atoms with E-state index in [1.807, 2.05) is 42.7 Å². The van der Waals surface area contributed by atoms with Crippen LogP contribution in [0.4, 0.5) is 10.6 Å². The van der Waals surface area contributed by atoms with Crippen molar-refractivity contribution in [1.82, 2.24) is 24.4 Å². The van der Waals surface area contributed by atoms with Gasteiger partial charge in [0.1, 0.15) is 6.61 Å². The Hall–Kier alpha value is -3.56. The number of anilines is 1. The molecule has 0 saturated carbocycles. The normalized spacial score (nSPS) is 15.6. The molecule has 10 heteroatoms. The van der Waals surface area contributed by atoms with Crippen molar-refractivity contribution in [1.29, 1.82) is 0 Å². The van der Waals surface area contributed by atoms with Crippen molar-refractivity contribution in [3.63, 3.8) is 0 Å². The average Bonchev–Trinajstić information content (AvgIpc) is 3.21. The summed E-state index contributed by atoms with van der Waals surface area (Å²) < 4.78 is 18.7. The van der Waals surface area contributed by atoms with Crippen LogP contribution in [-0.4, -0.2) is 63.4 Å². The number of nitrogens with two attached hydrogens (primary N) is 1. The molecule has 1 amide bonds. The van der Waals surface area contributed by atoms with Gasteiger partial charge in [0.2, 0.25) is 0 Å². The maximum absolute atomic E-state index is 12.5. The second-order valence-corrected chi connectivity index (χ2v) is 9.02. The Balaban J connectivity index is 1.63. The minimum atomic E-state index is -0.316. The van der Waals surface area contributed by atoms with Gasteiger partial charge in [0.25, 0.3) is 6.01 Å². The van der Waals surface area contributed by atoms with E-state index in [4.69, 9.17) is 19.9 Å². The van der Waals surface area contributed by atoms with Gasteiger partial charge in [-0.2, -0.15) is 15.0 Å². The highest BCUT2D eigenvalue weighted by atomic mass is 16.6. The fraction of sp³-hybridized carbons (Fsp3) is 0.538. The number of carbonyl (C=O) groups excluding carboxylic acids is 1. The number of fused-ring (bicyclic) bond motifs is 1. The molecule has 10 nitrogen and oxygen atoms in total. The Kier molecular flexibility index (Phi) is 9.72. The van der Waals surface area contributed by atoms with Gasteiger partial charge in [-0.15, -0.1) is 0 Å². The maximum Gasteiger partial charge on any atom is 0.410 e. The molecule has 1 saturated heterocycles. The zero-order chi connectivity index (χ0) is 26.1. The molecule has 2 N–H and O–H groups in total. The molecule has 0 aliphatic carbocycles. The molecular formula is C26H38N6O4. The number of hydrogen-bond donors (Lipinski definition) is 1. The van der Waals surface area contributed by atoms with Crippen LogP contribution < -0.4 is 15.2 Å². The highest BCUT2D eigenvalue weighted by Gasteiger charge is 2.27. The number of likely N-dealkylation sites (tertiary alicyclic amines) is 1. The fourth-order valence-electron chi connectivity index (χ4n) is 4.15. The third-order valence-corrected chi connectivity index (χ3v) is 6.08. The number of ether oxygens (including phenoxy) is 3. The number of carbonyl (C=O) groups is 1. The lowest BCUT2D eigenvalue weighted by molar-refractivity contribution is 0.0928. The van der Waals surface area contributed by atoms with Gasteiger partial charge in [-0.3, -0.25) is 4.57 Å². The first-order valence-electron chi connectivity index (χ1n) is 12.5. The minimum Gasteiger partial charge on any atom is -0.468 e. The molecule has 196 valence electrons. The fourth-order valence-corrected chi connectivity index (χ4v) is 4.15. The molecule has 1 aliphatic rings. The number of methoxy groups -OCH3 is 1. The summed E-state index contributed by atoms with van der Waals surface area (Å²) in [4.78, 5) is 27.6. The second-order valence-electron chi connectivity index (χ2n) is 9.02. The van der Waals surface area contributed by atoms with Crippen molar-refractivity contribution in [2.24, 2.45) is 5.92 Å². The first kappa shape index (κ1) is 27.0. The lowest BCUT2D eigenvalue weighted by atomic mass is 9.97. The molecule has 0 radical (unpaired) electrons. The van der Waals surface area contributed by atoms with Crippen molar-refractivity contribution in [3.05, 3.63) is 36.5 Å². The first-order valence-corrected chi connectivity index (χ1v) is 12.5. The molecule has 1 aliphatic heterocycles. The first-order chi connectivity index (χ1) is 17.4. The molecule has 0 aromatic carbocycles. The highest BCUT2D eigenvalue weighted by molar-refractivity contribution is 5.83. The number of piperidine rings is 1. The molecule has 0 bridgehead atoms. The summed E-state index contributed by atoms with van der Waals surface area (Å²) in [6.45, 7) is 12.0. The van der Waals surface area contributed by atoms with Crippen LogP contribution in [0.5, 0.6) is 12.0 Å². The number of allylic oxidation sites excluding steroid dienone is 3. The summed E-state index contributed by atoms with van der Waals surface area (Å²) in [5.74, 6) is 0.564. The van der Waals surface area contributed by atoms with Crippen LogP contribution in [-0.2, 0) is 11.3 Å². The average molecular weight is 499 g/mol. The molecule has 2 aromatic heterocycles. The van der Waals surface area contributed by atoms with Crippen molar-refractivity contribution in [2.45, 2.75) is 59.1 Å². The lowest BCUT2D eigenvalue weighted by Crippen LogP contribution is -2.39. The van der Waals surface area contributed by atoms with Crippen LogP contribution >= 0.6 is 0 Å². The van der Waals surface area contributed by atoms with Crippen molar-refractivity contribution in [3.8, 4) is 12.0 Å². The zero-order valence-electron chi connectivity index (χ0n) is 21.8. The van der Waals surface area contributed by atoms with Crippen molar-refractivity contribution < 1.29 is 19.0 Å². The largest absolute Gasteiger partial charge is 0.468 e. The summed E-state index contributed by atoms with van der Waals surface area (Å²) in [5.41, 5.74) is 8.00. The van der Waals surface area contributed by atoms with Crippen LogP contribution in [0.25, 0.3) is 11.2 Å². The topological polar surface area (TPSA) is 118 Å². The van der Waals surface area contributed by atoms with Gasteiger partial charge in [-0.25, -0.2) is 4.79 Å². The predicted molar refractivity (Wildman–Crippen MR) is 140 cm³/mol. The quantitative estimate of drug-likeness (QED) is 0.449. The van der Waals surface area contributed by atoms with E-state index in [0.717, 1.165) is 31.3 Å². The van der Waals surface area contributed by atoms with Gasteiger partial charge in [0, 0.05) is 19.6 Å². The third-order valence-electron chi connectivity index (χ3n) is 6.08. The molecule has 0 spiro atoms. The van der Waals surface area contributed by atoms with E-state index in [1.54, 1.807) is 12.0 Å². The van der Waals surface area contributed by atoms with E-state index in [2.05, 4.69) is 28.5 Å². The molecule has 1 fully saturated rings. The van der Waals surface area contributed by atoms with Crippen LogP contribution in [0, 0.1) is 5.92 Å². The van der Waals surface area contributed by atoms with E-state index in [9.17, 15) is 4.79 Å². The zero-order valence-corrected chi connectivity index (χ0v) is 21.8. The monoisotopic (exact) mass is 498 g/mol. The van der Waals surface area contributed by atoms with Gasteiger partial charge < -0.3 is 24.8 Å². The number of nitrogen functional groups attached to an aromatic ring is 1. The van der Waals surface area contributed by atoms with Crippen molar-refractivity contribution in [2.75, 3.05) is 32.5 Å². The Bertz CT molecular complexity index is 1100. The molecule has 0 unspecified atom stereocenters. The number of hydrogen-bond acceptors (Lipinski definition) is 8. The molecule has 2 aromatic rings. The Morgan fingerprint density at radius 1 is 1.25 bits per heavy atom. The molecule has 36 heavy (non-hydrogen) atoms. The predicted octanol–water partition coefficient (Wildman–Crippen LogP) is 4.52. The molecule has 3 heterocycles. The van der Waals surface area contributed by atoms with Crippen LogP contribution in [0.1, 0.15) is 46.5 Å². The molecular weight excluding hydrogens is 460 g/mol. The van der Waals surface area contributed by atoms with E-state index in [0.29, 0.717) is 42.7 Å². The summed E-state index contributed by atoms with van der Waals surface area (Å²) in [6.07, 6.45) is 10.7.